The number of nitrogens with one attached hydrogen (secondary N) is 1. The summed E-state index contributed by atoms with van der Waals surface area (Å²) in [5.74, 6) is -0.278. The second-order valence-electron chi connectivity index (χ2n) is 4.03. The number of hydrogen-bond acceptors (Lipinski definition) is 1. The molecule has 1 N–H and O–H groups in total. The average Bonchev–Trinajstić information content (AvgIpc) is 2.35. The Morgan fingerprint density at radius 1 is 1.28 bits per heavy atom. The Morgan fingerprint density at radius 2 is 2.06 bits per heavy atom. The molecule has 94 valence electrons. The topological polar surface area (TPSA) is 12.0 Å². The first-order valence-electron chi connectivity index (χ1n) is 5.51. The van der Waals surface area contributed by atoms with E-state index in [1.165, 1.54) is 12.1 Å². The standard InChI is InChI=1S/C14H12BrClFN/c1-9-3-2-4-13(14(9)15)18-8-10-7-11(17)5-6-12(10)16/h2-7,18H,8H2,1H3. The molecule has 0 amide bonds. The van der Waals surface area contributed by atoms with Gasteiger partial charge in [0.05, 0.1) is 0 Å². The SMILES string of the molecule is Cc1cccc(NCc2cc(F)ccc2Cl)c1Br. The molecular weight excluding hydrogens is 317 g/mol. The summed E-state index contributed by atoms with van der Waals surface area (Å²) < 4.78 is 14.1. The van der Waals surface area contributed by atoms with Crippen LogP contribution < -0.4 is 5.32 Å². The Bertz CT molecular complexity index is 570. The lowest BCUT2D eigenvalue weighted by Crippen LogP contribution is -2.01. The van der Waals surface area contributed by atoms with Gasteiger partial charge in [0, 0.05) is 21.7 Å². The summed E-state index contributed by atoms with van der Waals surface area (Å²) in [7, 11) is 0. The minimum Gasteiger partial charge on any atom is -0.380 e. The Hall–Kier alpha value is -1.06. The highest BCUT2D eigenvalue weighted by atomic mass is 79.9. The zero-order chi connectivity index (χ0) is 13.1. The summed E-state index contributed by atoms with van der Waals surface area (Å²) in [6.07, 6.45) is 0. The molecule has 0 heterocycles. The monoisotopic (exact) mass is 327 g/mol. The zero-order valence-electron chi connectivity index (χ0n) is 9.81. The van der Waals surface area contributed by atoms with Crippen LogP contribution in [0.25, 0.3) is 0 Å². The first kappa shape index (κ1) is 13.4. The summed E-state index contributed by atoms with van der Waals surface area (Å²) in [6, 6.07) is 10.3. The number of benzene rings is 2. The van der Waals surface area contributed by atoms with Gasteiger partial charge in [0.15, 0.2) is 0 Å². The van der Waals surface area contributed by atoms with Crippen LogP contribution in [0.5, 0.6) is 0 Å². The summed E-state index contributed by atoms with van der Waals surface area (Å²) in [5, 5.41) is 3.80. The fourth-order valence-electron chi connectivity index (χ4n) is 1.65. The fourth-order valence-corrected chi connectivity index (χ4v) is 2.24. The minimum absolute atomic E-state index is 0.278. The first-order chi connectivity index (χ1) is 8.58. The molecule has 0 aromatic heterocycles. The molecule has 0 unspecified atom stereocenters. The van der Waals surface area contributed by atoms with Crippen molar-refractivity contribution in [2.75, 3.05) is 5.32 Å². The van der Waals surface area contributed by atoms with Gasteiger partial charge in [-0.3, -0.25) is 0 Å². The van der Waals surface area contributed by atoms with Crippen LogP contribution >= 0.6 is 27.5 Å². The van der Waals surface area contributed by atoms with Crippen molar-refractivity contribution in [3.63, 3.8) is 0 Å². The quantitative estimate of drug-likeness (QED) is 0.820. The molecular formula is C14H12BrClFN. The van der Waals surface area contributed by atoms with Crippen molar-refractivity contribution in [3.05, 3.63) is 62.8 Å². The van der Waals surface area contributed by atoms with E-state index in [-0.39, 0.29) is 5.82 Å². The predicted octanol–water partition coefficient (Wildman–Crippen LogP) is 5.16. The minimum atomic E-state index is -0.278. The third-order valence-corrected chi connectivity index (χ3v) is 4.09. The van der Waals surface area contributed by atoms with Crippen LogP contribution in [0.2, 0.25) is 5.02 Å². The van der Waals surface area contributed by atoms with Crippen LogP contribution in [0.3, 0.4) is 0 Å². The van der Waals surface area contributed by atoms with E-state index in [2.05, 4.69) is 21.2 Å². The van der Waals surface area contributed by atoms with E-state index in [0.29, 0.717) is 11.6 Å². The Morgan fingerprint density at radius 3 is 2.83 bits per heavy atom. The number of aryl methyl sites for hydroxylation is 1. The fraction of sp³-hybridized carbons (Fsp3) is 0.143. The summed E-state index contributed by atoms with van der Waals surface area (Å²) in [4.78, 5) is 0. The molecule has 0 aliphatic rings. The number of rotatable bonds is 3. The van der Waals surface area contributed by atoms with Gasteiger partial charge in [0.25, 0.3) is 0 Å². The zero-order valence-corrected chi connectivity index (χ0v) is 12.1. The smallest absolute Gasteiger partial charge is 0.123 e. The molecule has 1 nitrogen and oxygen atoms in total. The lowest BCUT2D eigenvalue weighted by molar-refractivity contribution is 0.626. The van der Waals surface area contributed by atoms with Crippen LogP contribution in [0, 0.1) is 12.7 Å². The average molecular weight is 329 g/mol. The Labute approximate surface area is 119 Å². The van der Waals surface area contributed by atoms with Crippen molar-refractivity contribution in [1.29, 1.82) is 0 Å². The maximum atomic E-state index is 13.1. The van der Waals surface area contributed by atoms with Crippen molar-refractivity contribution in [1.82, 2.24) is 0 Å². The van der Waals surface area contributed by atoms with Gasteiger partial charge in [-0.05, 0) is 58.2 Å². The van der Waals surface area contributed by atoms with Crippen molar-refractivity contribution in [3.8, 4) is 0 Å². The van der Waals surface area contributed by atoms with E-state index >= 15 is 0 Å². The van der Waals surface area contributed by atoms with Crippen LogP contribution in [-0.2, 0) is 6.54 Å². The lowest BCUT2D eigenvalue weighted by Gasteiger charge is -2.11. The van der Waals surface area contributed by atoms with Crippen LogP contribution in [0.4, 0.5) is 10.1 Å². The van der Waals surface area contributed by atoms with E-state index < -0.39 is 0 Å². The van der Waals surface area contributed by atoms with Crippen molar-refractivity contribution < 1.29 is 4.39 Å². The molecule has 0 atom stereocenters. The third-order valence-electron chi connectivity index (χ3n) is 2.67. The van der Waals surface area contributed by atoms with Gasteiger partial charge in [-0.2, -0.15) is 0 Å². The van der Waals surface area contributed by atoms with Crippen LogP contribution in [-0.4, -0.2) is 0 Å². The van der Waals surface area contributed by atoms with Crippen LogP contribution in [0.1, 0.15) is 11.1 Å². The highest BCUT2D eigenvalue weighted by Crippen LogP contribution is 2.27. The third kappa shape index (κ3) is 3.03. The molecule has 18 heavy (non-hydrogen) atoms. The van der Waals surface area contributed by atoms with Gasteiger partial charge in [0.2, 0.25) is 0 Å². The molecule has 0 fully saturated rings. The van der Waals surface area contributed by atoms with Crippen molar-refractivity contribution in [2.45, 2.75) is 13.5 Å². The molecule has 0 aliphatic heterocycles. The highest BCUT2D eigenvalue weighted by Gasteiger charge is 2.05. The van der Waals surface area contributed by atoms with Gasteiger partial charge >= 0.3 is 0 Å². The molecule has 0 radical (unpaired) electrons. The molecule has 0 saturated carbocycles. The maximum absolute atomic E-state index is 13.1. The lowest BCUT2D eigenvalue weighted by atomic mass is 10.2. The van der Waals surface area contributed by atoms with Gasteiger partial charge in [-0.1, -0.05) is 23.7 Å². The van der Waals surface area contributed by atoms with Gasteiger partial charge in [0.1, 0.15) is 5.82 Å². The number of anilines is 1. The molecule has 0 saturated heterocycles. The van der Waals surface area contributed by atoms with Crippen molar-refractivity contribution >= 4 is 33.2 Å². The molecule has 2 aromatic rings. The van der Waals surface area contributed by atoms with Crippen molar-refractivity contribution in [2.24, 2.45) is 0 Å². The van der Waals surface area contributed by atoms with Gasteiger partial charge in [-0.25, -0.2) is 4.39 Å². The number of hydrogen-bond donors (Lipinski definition) is 1. The summed E-state index contributed by atoms with van der Waals surface area (Å²) >= 11 is 9.53. The molecule has 2 aromatic carbocycles. The molecule has 4 heteroatoms. The molecule has 2 rings (SSSR count). The van der Waals surface area contributed by atoms with E-state index in [4.69, 9.17) is 11.6 Å². The van der Waals surface area contributed by atoms with Crippen LogP contribution in [0.15, 0.2) is 40.9 Å². The molecule has 0 aliphatic carbocycles. The summed E-state index contributed by atoms with van der Waals surface area (Å²) in [6.45, 7) is 2.50. The molecule has 0 spiro atoms. The predicted molar refractivity (Wildman–Crippen MR) is 77.6 cm³/mol. The largest absolute Gasteiger partial charge is 0.380 e. The first-order valence-corrected chi connectivity index (χ1v) is 6.68. The normalized spacial score (nSPS) is 10.4. The van der Waals surface area contributed by atoms with E-state index in [1.54, 1.807) is 6.07 Å². The Kier molecular flexibility index (Phi) is 4.25. The Balaban J connectivity index is 2.16. The second kappa shape index (κ2) is 5.72. The van der Waals surface area contributed by atoms with E-state index in [0.717, 1.165) is 21.3 Å². The number of halogens is 3. The second-order valence-corrected chi connectivity index (χ2v) is 5.23. The summed E-state index contributed by atoms with van der Waals surface area (Å²) in [5.41, 5.74) is 2.85. The maximum Gasteiger partial charge on any atom is 0.123 e. The van der Waals surface area contributed by atoms with E-state index in [1.807, 2.05) is 25.1 Å². The van der Waals surface area contributed by atoms with Gasteiger partial charge in [-0.15, -0.1) is 0 Å². The van der Waals surface area contributed by atoms with E-state index in [9.17, 15) is 4.39 Å². The molecule has 0 bridgehead atoms. The van der Waals surface area contributed by atoms with Gasteiger partial charge < -0.3 is 5.32 Å². The highest BCUT2D eigenvalue weighted by molar-refractivity contribution is 9.10.